The third kappa shape index (κ3) is 4.48. The highest BCUT2D eigenvalue weighted by Gasteiger charge is 2.42. The van der Waals surface area contributed by atoms with Gasteiger partial charge in [-0.3, -0.25) is 5.32 Å². The van der Waals surface area contributed by atoms with Crippen LogP contribution in [0.2, 0.25) is 0 Å². The van der Waals surface area contributed by atoms with Gasteiger partial charge in [-0.05, 0) is 68.2 Å². The van der Waals surface area contributed by atoms with E-state index in [1.165, 1.54) is 17.7 Å². The van der Waals surface area contributed by atoms with Crippen LogP contribution in [-0.2, 0) is 0 Å². The molecule has 2 atom stereocenters. The molecule has 0 amide bonds. The molecule has 0 spiro atoms. The Morgan fingerprint density at radius 1 is 1.43 bits per heavy atom. The minimum Gasteiger partial charge on any atom is -0.299 e. The fourth-order valence-corrected chi connectivity index (χ4v) is 4.32. The summed E-state index contributed by atoms with van der Waals surface area (Å²) < 4.78 is 1.12. The molecule has 1 saturated carbocycles. The van der Waals surface area contributed by atoms with Gasteiger partial charge in [0, 0.05) is 9.37 Å². The predicted octanol–water partition coefficient (Wildman–Crippen LogP) is 4.99. The number of hydrogen-bond acceptors (Lipinski definition) is 3. The summed E-state index contributed by atoms with van der Waals surface area (Å²) in [5.74, 6) is 1.58. The standard InChI is InChI=1S/C17H23BrN2S/c1-2-11-20-17(13-19)10-3-4-14(17)9-12-21-16-7-5-15(18)6-8-16/h5-8,14,20H,2-4,9-12H2,1H3. The summed E-state index contributed by atoms with van der Waals surface area (Å²) in [4.78, 5) is 1.31. The van der Waals surface area contributed by atoms with Crippen LogP contribution in [0.15, 0.2) is 33.6 Å². The van der Waals surface area contributed by atoms with Gasteiger partial charge in [0.1, 0.15) is 5.54 Å². The van der Waals surface area contributed by atoms with Crippen molar-refractivity contribution in [3.8, 4) is 6.07 Å². The third-order valence-corrected chi connectivity index (χ3v) is 5.83. The van der Waals surface area contributed by atoms with Crippen molar-refractivity contribution in [2.45, 2.75) is 49.5 Å². The van der Waals surface area contributed by atoms with Gasteiger partial charge in [-0.1, -0.05) is 29.3 Å². The van der Waals surface area contributed by atoms with E-state index < -0.39 is 0 Å². The number of nitrogens with zero attached hydrogens (tertiary/aromatic N) is 1. The quantitative estimate of drug-likeness (QED) is 0.690. The lowest BCUT2D eigenvalue weighted by Crippen LogP contribution is -2.47. The molecule has 1 aliphatic rings. The van der Waals surface area contributed by atoms with Crippen molar-refractivity contribution in [2.75, 3.05) is 12.3 Å². The Kier molecular flexibility index (Phi) is 6.60. The molecular formula is C17H23BrN2S. The van der Waals surface area contributed by atoms with E-state index in [0.29, 0.717) is 5.92 Å². The maximum atomic E-state index is 9.64. The van der Waals surface area contributed by atoms with Crippen molar-refractivity contribution >= 4 is 27.7 Å². The van der Waals surface area contributed by atoms with Gasteiger partial charge in [0.05, 0.1) is 6.07 Å². The molecule has 1 aromatic rings. The molecule has 1 N–H and O–H groups in total. The van der Waals surface area contributed by atoms with E-state index in [-0.39, 0.29) is 5.54 Å². The van der Waals surface area contributed by atoms with E-state index in [4.69, 9.17) is 0 Å². The summed E-state index contributed by atoms with van der Waals surface area (Å²) in [6.45, 7) is 3.11. The second kappa shape index (κ2) is 8.22. The molecule has 0 saturated heterocycles. The Morgan fingerprint density at radius 3 is 2.86 bits per heavy atom. The van der Waals surface area contributed by atoms with Gasteiger partial charge >= 0.3 is 0 Å². The van der Waals surface area contributed by atoms with Gasteiger partial charge in [-0.15, -0.1) is 11.8 Å². The summed E-state index contributed by atoms with van der Waals surface area (Å²) >= 11 is 5.36. The molecule has 2 rings (SSSR count). The highest BCUT2D eigenvalue weighted by Crippen LogP contribution is 2.38. The molecule has 0 aromatic heterocycles. The van der Waals surface area contributed by atoms with E-state index in [0.717, 1.165) is 36.0 Å². The average molecular weight is 367 g/mol. The van der Waals surface area contributed by atoms with Crippen molar-refractivity contribution in [2.24, 2.45) is 5.92 Å². The van der Waals surface area contributed by atoms with Gasteiger partial charge in [0.15, 0.2) is 0 Å². The summed E-state index contributed by atoms with van der Waals surface area (Å²) in [7, 11) is 0. The second-order valence-electron chi connectivity index (χ2n) is 5.69. The fourth-order valence-electron chi connectivity index (χ4n) is 3.09. The zero-order valence-electron chi connectivity index (χ0n) is 12.6. The lowest BCUT2D eigenvalue weighted by atomic mass is 9.86. The molecule has 0 aliphatic heterocycles. The first-order valence-corrected chi connectivity index (χ1v) is 9.52. The summed E-state index contributed by atoms with van der Waals surface area (Å²) in [5.41, 5.74) is -0.268. The molecule has 1 aromatic carbocycles. The highest BCUT2D eigenvalue weighted by molar-refractivity contribution is 9.10. The minimum atomic E-state index is -0.268. The Labute approximate surface area is 140 Å². The minimum absolute atomic E-state index is 0.268. The van der Waals surface area contributed by atoms with E-state index in [9.17, 15) is 5.26 Å². The number of nitriles is 1. The molecule has 4 heteroatoms. The molecule has 1 fully saturated rings. The van der Waals surface area contributed by atoms with Crippen molar-refractivity contribution in [3.63, 3.8) is 0 Å². The topological polar surface area (TPSA) is 35.8 Å². The molecule has 2 nitrogen and oxygen atoms in total. The van der Waals surface area contributed by atoms with Crippen molar-refractivity contribution in [3.05, 3.63) is 28.7 Å². The first kappa shape index (κ1) is 16.9. The Hall–Kier alpha value is -0.500. The Balaban J connectivity index is 1.86. The largest absolute Gasteiger partial charge is 0.299 e. The van der Waals surface area contributed by atoms with Crippen LogP contribution in [0.5, 0.6) is 0 Å². The Morgan fingerprint density at radius 2 is 2.19 bits per heavy atom. The van der Waals surface area contributed by atoms with E-state index in [2.05, 4.69) is 58.5 Å². The molecule has 0 bridgehead atoms. The number of nitrogens with one attached hydrogen (secondary N) is 1. The van der Waals surface area contributed by atoms with Crippen LogP contribution in [0.1, 0.15) is 39.0 Å². The third-order valence-electron chi connectivity index (χ3n) is 4.26. The number of rotatable bonds is 7. The van der Waals surface area contributed by atoms with Crippen molar-refractivity contribution in [1.82, 2.24) is 5.32 Å². The molecule has 21 heavy (non-hydrogen) atoms. The number of thioether (sulfide) groups is 1. The van der Waals surface area contributed by atoms with Crippen LogP contribution in [0.25, 0.3) is 0 Å². The molecular weight excluding hydrogens is 344 g/mol. The maximum absolute atomic E-state index is 9.64. The van der Waals surface area contributed by atoms with Gasteiger partial charge in [0.2, 0.25) is 0 Å². The van der Waals surface area contributed by atoms with Gasteiger partial charge < -0.3 is 0 Å². The zero-order chi connectivity index (χ0) is 15.1. The van der Waals surface area contributed by atoms with Gasteiger partial charge in [-0.2, -0.15) is 5.26 Å². The molecule has 1 aliphatic carbocycles. The smallest absolute Gasteiger partial charge is 0.109 e. The van der Waals surface area contributed by atoms with Crippen LogP contribution in [0.4, 0.5) is 0 Å². The maximum Gasteiger partial charge on any atom is 0.109 e. The molecule has 114 valence electrons. The summed E-state index contributed by atoms with van der Waals surface area (Å²) in [6, 6.07) is 11.1. The van der Waals surface area contributed by atoms with Gasteiger partial charge in [0.25, 0.3) is 0 Å². The normalized spacial score (nSPS) is 24.9. The predicted molar refractivity (Wildman–Crippen MR) is 93.5 cm³/mol. The first-order chi connectivity index (χ1) is 10.2. The Bertz CT molecular complexity index is 483. The lowest BCUT2D eigenvalue weighted by Gasteiger charge is -2.30. The average Bonchev–Trinajstić information content (AvgIpc) is 2.91. The van der Waals surface area contributed by atoms with Crippen molar-refractivity contribution in [1.29, 1.82) is 5.26 Å². The zero-order valence-corrected chi connectivity index (χ0v) is 15.0. The summed E-state index contributed by atoms with van der Waals surface area (Å²) in [5, 5.41) is 13.2. The van der Waals surface area contributed by atoms with Gasteiger partial charge in [-0.25, -0.2) is 0 Å². The number of halogens is 1. The van der Waals surface area contributed by atoms with E-state index in [1.807, 2.05) is 11.8 Å². The molecule has 2 unspecified atom stereocenters. The number of benzene rings is 1. The van der Waals surface area contributed by atoms with Crippen molar-refractivity contribution < 1.29 is 0 Å². The first-order valence-electron chi connectivity index (χ1n) is 7.75. The highest BCUT2D eigenvalue weighted by atomic mass is 79.9. The van der Waals surface area contributed by atoms with Crippen LogP contribution >= 0.6 is 27.7 Å². The second-order valence-corrected chi connectivity index (χ2v) is 7.77. The fraction of sp³-hybridized carbons (Fsp3) is 0.588. The lowest BCUT2D eigenvalue weighted by molar-refractivity contribution is 0.311. The summed E-state index contributed by atoms with van der Waals surface area (Å²) in [6.07, 6.45) is 5.58. The van der Waals surface area contributed by atoms with Crippen LogP contribution in [0, 0.1) is 17.2 Å². The molecule has 0 heterocycles. The monoisotopic (exact) mass is 366 g/mol. The van der Waals surface area contributed by atoms with Crippen LogP contribution in [0.3, 0.4) is 0 Å². The number of hydrogen-bond donors (Lipinski definition) is 1. The van der Waals surface area contributed by atoms with Crippen LogP contribution < -0.4 is 5.32 Å². The SMILES string of the molecule is CCCNC1(C#N)CCCC1CCSc1ccc(Br)cc1. The van der Waals surface area contributed by atoms with Crippen LogP contribution in [-0.4, -0.2) is 17.8 Å². The van der Waals surface area contributed by atoms with E-state index >= 15 is 0 Å². The molecule has 0 radical (unpaired) electrons. The van der Waals surface area contributed by atoms with E-state index in [1.54, 1.807) is 0 Å².